The van der Waals surface area contributed by atoms with E-state index in [1.165, 1.54) is 17.7 Å². The molecule has 0 saturated carbocycles. The molecule has 0 fully saturated rings. The summed E-state index contributed by atoms with van der Waals surface area (Å²) in [6.45, 7) is 4.88. The van der Waals surface area contributed by atoms with E-state index >= 15 is 0 Å². The molecular weight excluding hydrogens is 415 g/mol. The van der Waals surface area contributed by atoms with Gasteiger partial charge in [-0.05, 0) is 53.3 Å². The quantitative estimate of drug-likeness (QED) is 0.459. The van der Waals surface area contributed by atoms with Crippen molar-refractivity contribution in [2.45, 2.75) is 39.7 Å². The molecule has 2 amide bonds. The maximum Gasteiger partial charge on any atom is 0.227 e. The van der Waals surface area contributed by atoms with Gasteiger partial charge < -0.3 is 10.2 Å². The smallest absolute Gasteiger partial charge is 0.227 e. The Labute approximate surface area is 195 Å². The summed E-state index contributed by atoms with van der Waals surface area (Å²) in [6.07, 6.45) is 1.47. The van der Waals surface area contributed by atoms with Crippen LogP contribution in [0.25, 0.3) is 0 Å². The molecule has 0 aliphatic rings. The van der Waals surface area contributed by atoms with Crippen molar-refractivity contribution in [3.05, 3.63) is 101 Å². The Morgan fingerprint density at radius 2 is 1.58 bits per heavy atom. The van der Waals surface area contributed by atoms with Crippen molar-refractivity contribution in [2.75, 3.05) is 11.4 Å². The molecule has 0 radical (unpaired) electrons. The molecule has 0 aromatic heterocycles. The molecule has 33 heavy (non-hydrogen) atoms. The van der Waals surface area contributed by atoms with E-state index in [0.717, 1.165) is 23.2 Å². The number of anilines is 1. The number of halogens is 1. The predicted molar refractivity (Wildman–Crippen MR) is 130 cm³/mol. The van der Waals surface area contributed by atoms with Crippen LogP contribution in [0, 0.1) is 11.7 Å². The van der Waals surface area contributed by atoms with Gasteiger partial charge in [0.2, 0.25) is 11.8 Å². The Balaban J connectivity index is 1.62. The largest absolute Gasteiger partial charge is 0.355 e. The van der Waals surface area contributed by atoms with Gasteiger partial charge in [-0.25, -0.2) is 4.39 Å². The summed E-state index contributed by atoms with van der Waals surface area (Å²) in [5.74, 6) is -0.157. The zero-order valence-corrected chi connectivity index (χ0v) is 19.3. The van der Waals surface area contributed by atoms with Gasteiger partial charge in [0.05, 0.1) is 13.0 Å². The van der Waals surface area contributed by atoms with E-state index in [9.17, 15) is 14.0 Å². The Hall–Kier alpha value is -3.47. The Kier molecular flexibility index (Phi) is 8.76. The number of carbonyl (C=O) groups is 2. The second-order valence-corrected chi connectivity index (χ2v) is 8.64. The van der Waals surface area contributed by atoms with Crippen molar-refractivity contribution < 1.29 is 14.0 Å². The topological polar surface area (TPSA) is 49.4 Å². The molecule has 0 atom stereocenters. The fourth-order valence-corrected chi connectivity index (χ4v) is 3.63. The summed E-state index contributed by atoms with van der Waals surface area (Å²) in [5, 5.41) is 2.96. The van der Waals surface area contributed by atoms with Gasteiger partial charge in [0.25, 0.3) is 0 Å². The van der Waals surface area contributed by atoms with Crippen LogP contribution in [0.1, 0.15) is 37.0 Å². The lowest BCUT2D eigenvalue weighted by Crippen LogP contribution is -2.31. The van der Waals surface area contributed by atoms with Crippen molar-refractivity contribution in [2.24, 2.45) is 5.92 Å². The molecule has 0 saturated heterocycles. The molecule has 5 heteroatoms. The van der Waals surface area contributed by atoms with Gasteiger partial charge in [0.15, 0.2) is 0 Å². The average molecular weight is 447 g/mol. The van der Waals surface area contributed by atoms with Gasteiger partial charge in [0.1, 0.15) is 5.82 Å². The first-order chi connectivity index (χ1) is 15.9. The highest BCUT2D eigenvalue weighted by Gasteiger charge is 2.18. The van der Waals surface area contributed by atoms with Crippen molar-refractivity contribution in [1.29, 1.82) is 0 Å². The normalized spacial score (nSPS) is 10.8. The van der Waals surface area contributed by atoms with Gasteiger partial charge in [-0.1, -0.05) is 68.4 Å². The molecular formula is C28H31FN2O2. The number of nitrogens with zero attached hydrogens (tertiary/aromatic N) is 1. The molecule has 1 N–H and O–H groups in total. The van der Waals surface area contributed by atoms with E-state index in [4.69, 9.17) is 0 Å². The van der Waals surface area contributed by atoms with Gasteiger partial charge in [-0.3, -0.25) is 9.59 Å². The Morgan fingerprint density at radius 1 is 0.879 bits per heavy atom. The van der Waals surface area contributed by atoms with Crippen LogP contribution in [-0.2, 0) is 29.0 Å². The van der Waals surface area contributed by atoms with E-state index in [2.05, 4.69) is 5.32 Å². The number of hydrogen-bond donors (Lipinski definition) is 1. The van der Waals surface area contributed by atoms with E-state index in [-0.39, 0.29) is 30.0 Å². The zero-order valence-electron chi connectivity index (χ0n) is 19.3. The lowest BCUT2D eigenvalue weighted by Gasteiger charge is -2.24. The van der Waals surface area contributed by atoms with Crippen LogP contribution in [0.5, 0.6) is 0 Å². The lowest BCUT2D eigenvalue weighted by atomic mass is 10.1. The molecule has 0 aliphatic carbocycles. The summed E-state index contributed by atoms with van der Waals surface area (Å²) < 4.78 is 13.6. The van der Waals surface area contributed by atoms with Crippen LogP contribution < -0.4 is 10.2 Å². The maximum absolute atomic E-state index is 13.6. The summed E-state index contributed by atoms with van der Waals surface area (Å²) in [4.78, 5) is 26.9. The average Bonchev–Trinajstić information content (AvgIpc) is 2.78. The lowest BCUT2D eigenvalue weighted by molar-refractivity contribution is -0.120. The SMILES string of the molecule is CC(C)CC(=O)N(Cc1cccc(F)c1)c1ccc(CC(=O)NCCc2ccccc2)cc1. The molecule has 0 aliphatic heterocycles. The van der Waals surface area contributed by atoms with Crippen molar-refractivity contribution in [3.8, 4) is 0 Å². The highest BCUT2D eigenvalue weighted by molar-refractivity contribution is 5.93. The van der Waals surface area contributed by atoms with E-state index in [0.29, 0.717) is 19.5 Å². The molecule has 4 nitrogen and oxygen atoms in total. The standard InChI is InChI=1S/C28H31FN2O2/c1-21(2)17-28(33)31(20-24-9-6-10-25(29)18-24)26-13-11-23(12-14-26)19-27(32)30-16-15-22-7-4-3-5-8-22/h3-14,18,21H,15-17,19-20H2,1-2H3,(H,30,32). The minimum absolute atomic E-state index is 0.0133. The number of carbonyl (C=O) groups excluding carboxylic acids is 2. The maximum atomic E-state index is 13.6. The van der Waals surface area contributed by atoms with Crippen LogP contribution in [0.2, 0.25) is 0 Å². The molecule has 0 heterocycles. The monoisotopic (exact) mass is 446 g/mol. The van der Waals surface area contributed by atoms with Crippen molar-refractivity contribution >= 4 is 17.5 Å². The first kappa shape index (κ1) is 24.2. The molecule has 3 aromatic carbocycles. The molecule has 3 rings (SSSR count). The number of rotatable bonds is 10. The van der Waals surface area contributed by atoms with Crippen LogP contribution in [0.15, 0.2) is 78.9 Å². The number of hydrogen-bond acceptors (Lipinski definition) is 2. The third-order valence-electron chi connectivity index (χ3n) is 5.31. The van der Waals surface area contributed by atoms with E-state index in [1.807, 2.05) is 74.5 Å². The summed E-state index contributed by atoms with van der Waals surface area (Å²) >= 11 is 0. The van der Waals surface area contributed by atoms with Gasteiger partial charge >= 0.3 is 0 Å². The van der Waals surface area contributed by atoms with Crippen LogP contribution in [0.4, 0.5) is 10.1 Å². The fraction of sp³-hybridized carbons (Fsp3) is 0.286. The van der Waals surface area contributed by atoms with Crippen LogP contribution in [-0.4, -0.2) is 18.4 Å². The number of amides is 2. The van der Waals surface area contributed by atoms with E-state index in [1.54, 1.807) is 11.0 Å². The predicted octanol–water partition coefficient (Wildman–Crippen LogP) is 5.31. The van der Waals surface area contributed by atoms with E-state index < -0.39 is 0 Å². The van der Waals surface area contributed by atoms with Crippen LogP contribution in [0.3, 0.4) is 0 Å². The van der Waals surface area contributed by atoms with Gasteiger partial charge in [0, 0.05) is 18.7 Å². The molecule has 0 spiro atoms. The van der Waals surface area contributed by atoms with Gasteiger partial charge in [-0.2, -0.15) is 0 Å². The van der Waals surface area contributed by atoms with Crippen molar-refractivity contribution in [3.63, 3.8) is 0 Å². The molecule has 3 aromatic rings. The second-order valence-electron chi connectivity index (χ2n) is 8.64. The fourth-order valence-electron chi connectivity index (χ4n) is 3.63. The Bertz CT molecular complexity index is 1050. The van der Waals surface area contributed by atoms with Crippen molar-refractivity contribution in [1.82, 2.24) is 5.32 Å². The number of nitrogens with one attached hydrogen (secondary N) is 1. The summed E-state index contributed by atoms with van der Waals surface area (Å²) in [7, 11) is 0. The summed E-state index contributed by atoms with van der Waals surface area (Å²) in [6, 6.07) is 23.8. The third-order valence-corrected chi connectivity index (χ3v) is 5.31. The molecule has 0 unspecified atom stereocenters. The molecule has 172 valence electrons. The first-order valence-corrected chi connectivity index (χ1v) is 11.3. The van der Waals surface area contributed by atoms with Crippen LogP contribution >= 0.6 is 0 Å². The second kappa shape index (κ2) is 12.0. The zero-order chi connectivity index (χ0) is 23.6. The van der Waals surface area contributed by atoms with Gasteiger partial charge in [-0.15, -0.1) is 0 Å². The minimum Gasteiger partial charge on any atom is -0.355 e. The Morgan fingerprint density at radius 3 is 2.24 bits per heavy atom. The summed E-state index contributed by atoms with van der Waals surface area (Å²) in [5.41, 5.74) is 3.52. The minimum atomic E-state index is -0.322. The highest BCUT2D eigenvalue weighted by atomic mass is 19.1. The first-order valence-electron chi connectivity index (χ1n) is 11.3. The third kappa shape index (κ3) is 7.86. The highest BCUT2D eigenvalue weighted by Crippen LogP contribution is 2.21. The number of benzene rings is 3. The molecule has 0 bridgehead atoms.